The Bertz CT molecular complexity index is 586. The lowest BCUT2D eigenvalue weighted by Gasteiger charge is -2.28. The molecule has 1 aromatic carbocycles. The van der Waals surface area contributed by atoms with Gasteiger partial charge in [0.15, 0.2) is 11.5 Å². The van der Waals surface area contributed by atoms with Crippen LogP contribution in [0.4, 0.5) is 0 Å². The van der Waals surface area contributed by atoms with Crippen molar-refractivity contribution in [2.24, 2.45) is 5.16 Å². The first-order chi connectivity index (χ1) is 12.1. The summed E-state index contributed by atoms with van der Waals surface area (Å²) < 4.78 is 15.9. The number of nitrogens with zero attached hydrogens (tertiary/aromatic N) is 2. The standard InChI is InChI=1S/C18H26N2O5/c1-13(18(21)20-8-6-5-7-9-20)25-19-12-14-10-15(22-2)17(24-4)16(11-14)23-3/h10-13H,5-9H2,1-4H3/b19-12-/t13-/m0/s1. The van der Waals surface area contributed by atoms with Gasteiger partial charge in [0.25, 0.3) is 5.91 Å². The summed E-state index contributed by atoms with van der Waals surface area (Å²) in [6.07, 6.45) is 4.18. The van der Waals surface area contributed by atoms with Crippen molar-refractivity contribution >= 4 is 12.1 Å². The molecule has 0 spiro atoms. The lowest BCUT2D eigenvalue weighted by atomic mass is 10.1. The molecule has 138 valence electrons. The van der Waals surface area contributed by atoms with Crippen molar-refractivity contribution in [3.05, 3.63) is 17.7 Å². The van der Waals surface area contributed by atoms with E-state index in [1.165, 1.54) is 12.6 Å². The van der Waals surface area contributed by atoms with Crippen LogP contribution in [0.2, 0.25) is 0 Å². The second kappa shape index (κ2) is 9.15. The van der Waals surface area contributed by atoms with E-state index in [0.717, 1.165) is 25.9 Å². The third-order valence-corrected chi connectivity index (χ3v) is 4.12. The Hall–Kier alpha value is -2.44. The van der Waals surface area contributed by atoms with Gasteiger partial charge in [0.05, 0.1) is 27.5 Å². The monoisotopic (exact) mass is 350 g/mol. The molecule has 1 amide bonds. The Morgan fingerprint density at radius 3 is 2.20 bits per heavy atom. The van der Waals surface area contributed by atoms with E-state index in [0.29, 0.717) is 22.8 Å². The highest BCUT2D eigenvalue weighted by molar-refractivity contribution is 5.83. The Morgan fingerprint density at radius 2 is 1.68 bits per heavy atom. The Labute approximate surface area is 148 Å². The Morgan fingerprint density at radius 1 is 1.08 bits per heavy atom. The molecule has 0 N–H and O–H groups in total. The molecule has 0 aromatic heterocycles. The third kappa shape index (κ3) is 4.78. The fourth-order valence-corrected chi connectivity index (χ4v) is 2.77. The number of ether oxygens (including phenoxy) is 3. The molecule has 1 aliphatic heterocycles. The fraction of sp³-hybridized carbons (Fsp3) is 0.556. The van der Waals surface area contributed by atoms with Crippen molar-refractivity contribution in [1.29, 1.82) is 0 Å². The van der Waals surface area contributed by atoms with E-state index < -0.39 is 6.10 Å². The molecule has 0 bridgehead atoms. The van der Waals surface area contributed by atoms with Crippen LogP contribution >= 0.6 is 0 Å². The molecule has 25 heavy (non-hydrogen) atoms. The minimum absolute atomic E-state index is 0.0262. The largest absolute Gasteiger partial charge is 0.493 e. The van der Waals surface area contributed by atoms with Crippen molar-refractivity contribution in [1.82, 2.24) is 4.90 Å². The molecule has 0 radical (unpaired) electrons. The van der Waals surface area contributed by atoms with Crippen LogP contribution in [0, 0.1) is 0 Å². The number of hydrogen-bond acceptors (Lipinski definition) is 6. The van der Waals surface area contributed by atoms with E-state index in [-0.39, 0.29) is 5.91 Å². The number of benzene rings is 1. The fourth-order valence-electron chi connectivity index (χ4n) is 2.77. The maximum Gasteiger partial charge on any atom is 0.266 e. The van der Waals surface area contributed by atoms with Gasteiger partial charge in [-0.15, -0.1) is 0 Å². The van der Waals surface area contributed by atoms with Gasteiger partial charge in [-0.2, -0.15) is 0 Å². The predicted octanol–water partition coefficient (Wildman–Crippen LogP) is 2.46. The molecule has 7 nitrogen and oxygen atoms in total. The van der Waals surface area contributed by atoms with Gasteiger partial charge < -0.3 is 23.9 Å². The summed E-state index contributed by atoms with van der Waals surface area (Å²) in [6.45, 7) is 3.30. The molecule has 7 heteroatoms. The van der Waals surface area contributed by atoms with Crippen LogP contribution in [0.3, 0.4) is 0 Å². The quantitative estimate of drug-likeness (QED) is 0.558. The highest BCUT2D eigenvalue weighted by atomic mass is 16.6. The van der Waals surface area contributed by atoms with Crippen molar-refractivity contribution < 1.29 is 23.8 Å². The molecular weight excluding hydrogens is 324 g/mol. The molecule has 0 saturated carbocycles. The molecule has 1 saturated heterocycles. The number of rotatable bonds is 7. The van der Waals surface area contributed by atoms with Gasteiger partial charge in [-0.05, 0) is 38.3 Å². The average Bonchev–Trinajstić information content (AvgIpc) is 2.66. The van der Waals surface area contributed by atoms with E-state index in [4.69, 9.17) is 19.0 Å². The van der Waals surface area contributed by atoms with E-state index in [9.17, 15) is 4.79 Å². The van der Waals surface area contributed by atoms with Gasteiger partial charge in [-0.25, -0.2) is 0 Å². The van der Waals surface area contributed by atoms with Crippen LogP contribution in [-0.2, 0) is 9.63 Å². The molecule has 1 atom stereocenters. The highest BCUT2D eigenvalue weighted by Crippen LogP contribution is 2.37. The van der Waals surface area contributed by atoms with Gasteiger partial charge in [0, 0.05) is 18.7 Å². The Kier molecular flexibility index (Phi) is 6.91. The average molecular weight is 350 g/mol. The topological polar surface area (TPSA) is 69.6 Å². The molecule has 0 aliphatic carbocycles. The van der Waals surface area contributed by atoms with E-state index in [1.807, 2.05) is 4.90 Å². The maximum atomic E-state index is 12.3. The van der Waals surface area contributed by atoms with Gasteiger partial charge in [-0.3, -0.25) is 4.79 Å². The van der Waals surface area contributed by atoms with Crippen LogP contribution in [0.1, 0.15) is 31.7 Å². The molecule has 0 unspecified atom stereocenters. The summed E-state index contributed by atoms with van der Waals surface area (Å²) in [6, 6.07) is 3.51. The molecular formula is C18H26N2O5. The van der Waals surface area contributed by atoms with Crippen molar-refractivity contribution in [3.8, 4) is 17.2 Å². The summed E-state index contributed by atoms with van der Waals surface area (Å²) in [5, 5.41) is 3.94. The van der Waals surface area contributed by atoms with Gasteiger partial charge in [0.2, 0.25) is 11.9 Å². The number of carbonyl (C=O) groups is 1. The lowest BCUT2D eigenvalue weighted by Crippen LogP contribution is -2.41. The molecule has 1 aliphatic rings. The summed E-state index contributed by atoms with van der Waals surface area (Å²) in [5.74, 6) is 1.54. The first kappa shape index (κ1) is 18.9. The second-order valence-electron chi connectivity index (χ2n) is 5.83. The molecule has 1 fully saturated rings. The van der Waals surface area contributed by atoms with Crippen molar-refractivity contribution in [3.63, 3.8) is 0 Å². The zero-order valence-electron chi connectivity index (χ0n) is 15.3. The summed E-state index contributed by atoms with van der Waals surface area (Å²) in [4.78, 5) is 19.5. The first-order valence-corrected chi connectivity index (χ1v) is 8.38. The first-order valence-electron chi connectivity index (χ1n) is 8.38. The molecule has 1 aromatic rings. The van der Waals surface area contributed by atoms with Crippen LogP contribution < -0.4 is 14.2 Å². The predicted molar refractivity (Wildman–Crippen MR) is 94.7 cm³/mol. The van der Waals surface area contributed by atoms with Gasteiger partial charge >= 0.3 is 0 Å². The smallest absolute Gasteiger partial charge is 0.266 e. The van der Waals surface area contributed by atoms with E-state index >= 15 is 0 Å². The van der Waals surface area contributed by atoms with Crippen LogP contribution in [-0.4, -0.2) is 57.5 Å². The van der Waals surface area contributed by atoms with Gasteiger partial charge in [-0.1, -0.05) is 5.16 Å². The summed E-state index contributed by atoms with van der Waals surface area (Å²) >= 11 is 0. The van der Waals surface area contributed by atoms with E-state index in [1.54, 1.807) is 40.4 Å². The van der Waals surface area contributed by atoms with Crippen molar-refractivity contribution in [2.45, 2.75) is 32.3 Å². The number of likely N-dealkylation sites (tertiary alicyclic amines) is 1. The normalized spacial score (nSPS) is 15.8. The SMILES string of the molecule is COc1cc(/C=N\O[C@@H](C)C(=O)N2CCCCC2)cc(OC)c1OC. The highest BCUT2D eigenvalue weighted by Gasteiger charge is 2.23. The van der Waals surface area contributed by atoms with E-state index in [2.05, 4.69) is 5.16 Å². The second-order valence-corrected chi connectivity index (χ2v) is 5.83. The molecule has 2 rings (SSSR count). The summed E-state index contributed by atoms with van der Waals surface area (Å²) in [5.41, 5.74) is 0.715. The molecule has 1 heterocycles. The third-order valence-electron chi connectivity index (χ3n) is 4.12. The van der Waals surface area contributed by atoms with Gasteiger partial charge in [0.1, 0.15) is 0 Å². The number of oxime groups is 1. The number of carbonyl (C=O) groups excluding carboxylic acids is 1. The minimum atomic E-state index is -0.614. The van der Waals surface area contributed by atoms with Crippen LogP contribution in [0.5, 0.6) is 17.2 Å². The lowest BCUT2D eigenvalue weighted by molar-refractivity contribution is -0.143. The number of methoxy groups -OCH3 is 3. The number of piperidine rings is 1. The zero-order valence-corrected chi connectivity index (χ0v) is 15.3. The zero-order chi connectivity index (χ0) is 18.2. The number of hydrogen-bond donors (Lipinski definition) is 0. The minimum Gasteiger partial charge on any atom is -0.493 e. The summed E-state index contributed by atoms with van der Waals surface area (Å²) in [7, 11) is 4.65. The number of amides is 1. The van der Waals surface area contributed by atoms with Crippen LogP contribution in [0.15, 0.2) is 17.3 Å². The van der Waals surface area contributed by atoms with Crippen molar-refractivity contribution in [2.75, 3.05) is 34.4 Å². The Balaban J connectivity index is 2.02. The van der Waals surface area contributed by atoms with Crippen LogP contribution in [0.25, 0.3) is 0 Å². The maximum absolute atomic E-state index is 12.3.